The molecule has 0 unspecified atom stereocenters. The second-order valence-corrected chi connectivity index (χ2v) is 9.40. The van der Waals surface area contributed by atoms with Crippen molar-refractivity contribution < 1.29 is 4.74 Å². The van der Waals surface area contributed by atoms with Gasteiger partial charge in [0.1, 0.15) is 11.6 Å². The summed E-state index contributed by atoms with van der Waals surface area (Å²) >= 11 is 9.61. The smallest absolute Gasteiger partial charge is 0.261 e. The first-order valence-electron chi connectivity index (χ1n) is 11.2. The van der Waals surface area contributed by atoms with Crippen LogP contribution in [0.15, 0.2) is 76.0 Å². The summed E-state index contributed by atoms with van der Waals surface area (Å²) in [6.07, 6.45) is 3.91. The lowest BCUT2D eigenvalue weighted by molar-refractivity contribution is 0.302. The van der Waals surface area contributed by atoms with Gasteiger partial charge in [0.05, 0.1) is 22.0 Å². The molecule has 0 atom stereocenters. The largest absolute Gasteiger partial charge is 0.492 e. The number of halogens is 2. The number of nitrogens with zero attached hydrogens (tertiary/aromatic N) is 2. The molecule has 0 amide bonds. The highest BCUT2D eigenvalue weighted by atomic mass is 79.9. The maximum absolute atomic E-state index is 13.2. The zero-order valence-corrected chi connectivity index (χ0v) is 20.9. The maximum atomic E-state index is 13.2. The van der Waals surface area contributed by atoms with E-state index in [9.17, 15) is 4.79 Å². The number of aromatic nitrogens is 2. The molecule has 6 heteroatoms. The molecule has 0 aliphatic heterocycles. The number of hydrogen-bond acceptors (Lipinski definition) is 3. The van der Waals surface area contributed by atoms with Crippen molar-refractivity contribution in [3.05, 3.63) is 92.1 Å². The molecule has 4 aromatic rings. The third-order valence-corrected chi connectivity index (χ3v) is 6.46. The Morgan fingerprint density at radius 3 is 2.52 bits per heavy atom. The topological polar surface area (TPSA) is 44.1 Å². The van der Waals surface area contributed by atoms with Crippen molar-refractivity contribution in [2.75, 3.05) is 6.61 Å². The lowest BCUT2D eigenvalue weighted by Crippen LogP contribution is -2.23. The molecule has 170 valence electrons. The van der Waals surface area contributed by atoms with E-state index in [0.717, 1.165) is 41.5 Å². The summed E-state index contributed by atoms with van der Waals surface area (Å²) in [6, 6.07) is 21.1. The van der Waals surface area contributed by atoms with E-state index in [0.29, 0.717) is 34.9 Å². The number of rotatable bonds is 9. The number of para-hydroxylation sites is 1. The van der Waals surface area contributed by atoms with Gasteiger partial charge in [-0.25, -0.2) is 4.98 Å². The monoisotopic (exact) mass is 524 g/mol. The fourth-order valence-electron chi connectivity index (χ4n) is 3.83. The minimum Gasteiger partial charge on any atom is -0.492 e. The summed E-state index contributed by atoms with van der Waals surface area (Å²) in [5.74, 6) is 1.56. The zero-order chi connectivity index (χ0) is 23.2. The van der Waals surface area contributed by atoms with Gasteiger partial charge in [-0.3, -0.25) is 9.36 Å². The minimum absolute atomic E-state index is 0.00176. The predicted octanol–water partition coefficient (Wildman–Crippen LogP) is 7.43. The van der Waals surface area contributed by atoms with Crippen molar-refractivity contribution in [1.82, 2.24) is 9.55 Å². The molecule has 0 saturated carbocycles. The third kappa shape index (κ3) is 5.84. The highest BCUT2D eigenvalue weighted by Gasteiger charge is 2.12. The van der Waals surface area contributed by atoms with Crippen LogP contribution in [0.25, 0.3) is 22.3 Å². The molecule has 1 heterocycles. The van der Waals surface area contributed by atoms with Crippen molar-refractivity contribution in [2.45, 2.75) is 39.2 Å². The van der Waals surface area contributed by atoms with Crippen LogP contribution in [0.1, 0.15) is 31.2 Å². The summed E-state index contributed by atoms with van der Waals surface area (Å²) in [4.78, 5) is 18.0. The summed E-state index contributed by atoms with van der Waals surface area (Å²) in [6.45, 7) is 3.36. The van der Waals surface area contributed by atoms with Crippen molar-refractivity contribution in [1.29, 1.82) is 0 Å². The van der Waals surface area contributed by atoms with Gasteiger partial charge in [-0.15, -0.1) is 0 Å². The van der Waals surface area contributed by atoms with Crippen LogP contribution in [0.4, 0.5) is 0 Å². The van der Waals surface area contributed by atoms with Crippen molar-refractivity contribution in [3.63, 3.8) is 0 Å². The molecule has 0 fully saturated rings. The van der Waals surface area contributed by atoms with Gasteiger partial charge in [-0.1, -0.05) is 42.6 Å². The number of benzene rings is 3. The highest BCUT2D eigenvalue weighted by molar-refractivity contribution is 9.10. The molecule has 0 aliphatic rings. The molecule has 4 rings (SSSR count). The zero-order valence-electron chi connectivity index (χ0n) is 18.6. The first kappa shape index (κ1) is 23.5. The SMILES string of the molecule is Cc1ccc(OCCCCCCn2c(-c3ccc(Cl)cc3)nc3ccccc3c2=O)c(Br)c1. The number of aryl methyl sites for hydroxylation is 1. The first-order chi connectivity index (χ1) is 16.0. The van der Waals surface area contributed by atoms with Gasteiger partial charge in [0.2, 0.25) is 0 Å². The average molecular weight is 526 g/mol. The van der Waals surface area contributed by atoms with E-state index in [1.54, 1.807) is 4.57 Å². The highest BCUT2D eigenvalue weighted by Crippen LogP contribution is 2.26. The number of hydrogen-bond donors (Lipinski definition) is 0. The second-order valence-electron chi connectivity index (χ2n) is 8.11. The van der Waals surface area contributed by atoms with Gasteiger partial charge in [0.25, 0.3) is 5.56 Å². The van der Waals surface area contributed by atoms with Gasteiger partial charge < -0.3 is 4.74 Å². The minimum atomic E-state index is -0.00176. The lowest BCUT2D eigenvalue weighted by Gasteiger charge is -2.14. The van der Waals surface area contributed by atoms with Crippen LogP contribution in [-0.4, -0.2) is 16.2 Å². The molecule has 3 aromatic carbocycles. The Hall–Kier alpha value is -2.63. The van der Waals surface area contributed by atoms with Gasteiger partial charge in [0, 0.05) is 17.1 Å². The van der Waals surface area contributed by atoms with Gasteiger partial charge >= 0.3 is 0 Å². The number of fused-ring (bicyclic) bond motifs is 1. The van der Waals surface area contributed by atoms with Crippen LogP contribution in [0.3, 0.4) is 0 Å². The molecule has 0 aliphatic carbocycles. The fourth-order valence-corrected chi connectivity index (χ4v) is 4.56. The lowest BCUT2D eigenvalue weighted by atomic mass is 10.1. The number of unbranched alkanes of at least 4 members (excludes halogenated alkanes) is 3. The average Bonchev–Trinajstić information content (AvgIpc) is 2.81. The van der Waals surface area contributed by atoms with E-state index in [2.05, 4.69) is 28.9 Å². The van der Waals surface area contributed by atoms with Crippen LogP contribution in [0.5, 0.6) is 5.75 Å². The fraction of sp³-hybridized carbons (Fsp3) is 0.259. The molecule has 0 bridgehead atoms. The van der Waals surface area contributed by atoms with E-state index in [1.807, 2.05) is 60.7 Å². The molecular formula is C27H26BrClN2O2. The van der Waals surface area contributed by atoms with Crippen molar-refractivity contribution >= 4 is 38.4 Å². The molecule has 4 nitrogen and oxygen atoms in total. The Morgan fingerprint density at radius 1 is 0.970 bits per heavy atom. The van der Waals surface area contributed by atoms with E-state index in [-0.39, 0.29) is 5.56 Å². The molecule has 0 N–H and O–H groups in total. The van der Waals surface area contributed by atoms with E-state index in [1.165, 1.54) is 5.56 Å². The van der Waals surface area contributed by atoms with E-state index >= 15 is 0 Å². The molecule has 0 spiro atoms. The molecular weight excluding hydrogens is 500 g/mol. The first-order valence-corrected chi connectivity index (χ1v) is 12.3. The second kappa shape index (κ2) is 11.0. The van der Waals surface area contributed by atoms with Crippen LogP contribution >= 0.6 is 27.5 Å². The van der Waals surface area contributed by atoms with Crippen molar-refractivity contribution in [2.24, 2.45) is 0 Å². The molecule has 33 heavy (non-hydrogen) atoms. The normalized spacial score (nSPS) is 11.1. The standard InChI is InChI=1S/C27H26BrClN2O2/c1-19-10-15-25(23(28)18-19)33-17-7-3-2-6-16-31-26(20-11-13-21(29)14-12-20)30-24-9-5-4-8-22(24)27(31)32/h4-5,8-15,18H,2-3,6-7,16-17H2,1H3. The van der Waals surface area contributed by atoms with Gasteiger partial charge in [0.15, 0.2) is 0 Å². The van der Waals surface area contributed by atoms with E-state index in [4.69, 9.17) is 21.3 Å². The maximum Gasteiger partial charge on any atom is 0.261 e. The Morgan fingerprint density at radius 2 is 1.73 bits per heavy atom. The van der Waals surface area contributed by atoms with Gasteiger partial charge in [-0.2, -0.15) is 0 Å². The Labute approximate surface area is 207 Å². The molecule has 0 saturated heterocycles. The quantitative estimate of drug-likeness (QED) is 0.213. The Kier molecular flexibility index (Phi) is 7.84. The van der Waals surface area contributed by atoms with Crippen LogP contribution in [-0.2, 0) is 6.54 Å². The molecule has 1 aromatic heterocycles. The summed E-state index contributed by atoms with van der Waals surface area (Å²) in [5.41, 5.74) is 2.80. The summed E-state index contributed by atoms with van der Waals surface area (Å²) < 4.78 is 8.67. The van der Waals surface area contributed by atoms with Crippen LogP contribution in [0, 0.1) is 6.92 Å². The summed E-state index contributed by atoms with van der Waals surface area (Å²) in [5, 5.41) is 1.31. The van der Waals surface area contributed by atoms with Crippen molar-refractivity contribution in [3.8, 4) is 17.1 Å². The van der Waals surface area contributed by atoms with Crippen LogP contribution in [0.2, 0.25) is 5.02 Å². The third-order valence-electron chi connectivity index (χ3n) is 5.59. The van der Waals surface area contributed by atoms with Crippen LogP contribution < -0.4 is 10.3 Å². The Bertz CT molecular complexity index is 1300. The summed E-state index contributed by atoms with van der Waals surface area (Å²) in [7, 11) is 0. The van der Waals surface area contributed by atoms with Gasteiger partial charge in [-0.05, 0) is 89.8 Å². The predicted molar refractivity (Wildman–Crippen MR) is 139 cm³/mol. The number of ether oxygens (including phenoxy) is 1. The molecule has 0 radical (unpaired) electrons. The Balaban J connectivity index is 1.39. The van der Waals surface area contributed by atoms with E-state index < -0.39 is 0 Å².